The molecular formula is C40H35NO4S. The van der Waals surface area contributed by atoms with E-state index in [1.165, 1.54) is 12.7 Å². The fourth-order valence-electron chi connectivity index (χ4n) is 5.57. The van der Waals surface area contributed by atoms with Gasteiger partial charge in [0.15, 0.2) is 0 Å². The Labute approximate surface area is 273 Å². The Hall–Kier alpha value is -5.07. The standard InChI is InChI=1S/C40H35NO4S/c1-44-40(43)35(41-38(42)25-29-12-6-3-7-13-29)27-46-26-30-16-18-31(19-17-30)32-20-22-33(23-21-32)39-34-14-8-9-15-36(34)45-37(39)24-28-10-4-2-5-11-28/h2-23,35H,24-27H2,1H3,(H,41,42)/t35-/m0/s1. The van der Waals surface area contributed by atoms with Gasteiger partial charge in [0.25, 0.3) is 0 Å². The lowest BCUT2D eigenvalue weighted by Crippen LogP contribution is -2.44. The van der Waals surface area contributed by atoms with Crippen molar-refractivity contribution in [2.75, 3.05) is 12.9 Å². The van der Waals surface area contributed by atoms with Crippen molar-refractivity contribution in [3.05, 3.63) is 156 Å². The lowest BCUT2D eigenvalue weighted by Gasteiger charge is -2.16. The van der Waals surface area contributed by atoms with Crippen LogP contribution in [-0.2, 0) is 32.9 Å². The lowest BCUT2D eigenvalue weighted by molar-refractivity contribution is -0.144. The molecule has 1 amide bonds. The van der Waals surface area contributed by atoms with Crippen LogP contribution in [0, 0.1) is 0 Å². The number of methoxy groups -OCH3 is 1. The smallest absolute Gasteiger partial charge is 0.329 e. The second-order valence-electron chi connectivity index (χ2n) is 11.2. The van der Waals surface area contributed by atoms with Crippen LogP contribution >= 0.6 is 11.8 Å². The number of hydrogen-bond acceptors (Lipinski definition) is 5. The van der Waals surface area contributed by atoms with Crippen molar-refractivity contribution in [2.24, 2.45) is 0 Å². The molecule has 0 bridgehead atoms. The van der Waals surface area contributed by atoms with Crippen molar-refractivity contribution in [2.45, 2.75) is 24.6 Å². The maximum absolute atomic E-state index is 12.6. The van der Waals surface area contributed by atoms with Gasteiger partial charge in [-0.25, -0.2) is 4.79 Å². The molecule has 1 heterocycles. The summed E-state index contributed by atoms with van der Waals surface area (Å²) in [4.78, 5) is 24.9. The molecule has 5 aromatic carbocycles. The topological polar surface area (TPSA) is 68.5 Å². The average molecular weight is 626 g/mol. The predicted molar refractivity (Wildman–Crippen MR) is 187 cm³/mol. The van der Waals surface area contributed by atoms with E-state index in [1.807, 2.05) is 48.5 Å². The van der Waals surface area contributed by atoms with Crippen LogP contribution in [-0.4, -0.2) is 30.8 Å². The Morgan fingerprint density at radius 2 is 1.28 bits per heavy atom. The quantitative estimate of drug-likeness (QED) is 0.138. The van der Waals surface area contributed by atoms with E-state index in [1.54, 1.807) is 11.8 Å². The molecule has 6 heteroatoms. The SMILES string of the molecule is COC(=O)[C@H](CSCc1ccc(-c2ccc(-c3c(Cc4ccccc4)oc4ccccc34)cc2)cc1)NC(=O)Cc1ccccc1. The van der Waals surface area contributed by atoms with Gasteiger partial charge in [-0.3, -0.25) is 4.79 Å². The van der Waals surface area contributed by atoms with Crippen molar-refractivity contribution in [3.63, 3.8) is 0 Å². The summed E-state index contributed by atoms with van der Waals surface area (Å²) < 4.78 is 11.3. The maximum atomic E-state index is 12.6. The largest absolute Gasteiger partial charge is 0.467 e. The van der Waals surface area contributed by atoms with E-state index >= 15 is 0 Å². The summed E-state index contributed by atoms with van der Waals surface area (Å²) in [5.74, 6) is 1.45. The molecular weight excluding hydrogens is 591 g/mol. The number of fused-ring (bicyclic) bond motifs is 1. The summed E-state index contributed by atoms with van der Waals surface area (Å²) in [5, 5.41) is 3.95. The number of benzene rings is 5. The Kier molecular flexibility index (Phi) is 9.96. The van der Waals surface area contributed by atoms with Gasteiger partial charge < -0.3 is 14.5 Å². The molecule has 0 saturated heterocycles. The lowest BCUT2D eigenvalue weighted by atomic mass is 9.96. The van der Waals surface area contributed by atoms with E-state index in [0.29, 0.717) is 11.5 Å². The molecule has 1 aromatic heterocycles. The van der Waals surface area contributed by atoms with Gasteiger partial charge in [-0.2, -0.15) is 11.8 Å². The van der Waals surface area contributed by atoms with Crippen LogP contribution in [0.5, 0.6) is 0 Å². The molecule has 0 aliphatic heterocycles. The third-order valence-electron chi connectivity index (χ3n) is 7.92. The molecule has 230 valence electrons. The molecule has 0 fully saturated rings. The van der Waals surface area contributed by atoms with Gasteiger partial charge in [-0.05, 0) is 39.4 Å². The average Bonchev–Trinajstić information content (AvgIpc) is 3.46. The molecule has 1 atom stereocenters. The maximum Gasteiger partial charge on any atom is 0.329 e. The minimum atomic E-state index is -0.704. The summed E-state index contributed by atoms with van der Waals surface area (Å²) in [6.07, 6.45) is 0.946. The van der Waals surface area contributed by atoms with Gasteiger partial charge in [-0.1, -0.05) is 127 Å². The zero-order valence-corrected chi connectivity index (χ0v) is 26.5. The van der Waals surface area contributed by atoms with E-state index in [2.05, 4.69) is 90.2 Å². The van der Waals surface area contributed by atoms with Gasteiger partial charge in [0.05, 0.1) is 13.5 Å². The van der Waals surface area contributed by atoms with E-state index in [0.717, 1.165) is 56.5 Å². The highest BCUT2D eigenvalue weighted by Crippen LogP contribution is 2.37. The van der Waals surface area contributed by atoms with E-state index in [-0.39, 0.29) is 12.3 Å². The number of esters is 1. The number of rotatable bonds is 12. The first-order valence-electron chi connectivity index (χ1n) is 15.3. The molecule has 0 saturated carbocycles. The van der Waals surface area contributed by atoms with Crippen molar-refractivity contribution in [1.82, 2.24) is 5.32 Å². The van der Waals surface area contributed by atoms with Gasteiger partial charge in [-0.15, -0.1) is 0 Å². The second kappa shape index (κ2) is 14.8. The zero-order chi connectivity index (χ0) is 31.7. The minimum absolute atomic E-state index is 0.203. The first-order valence-corrected chi connectivity index (χ1v) is 16.5. The number of nitrogens with one attached hydrogen (secondary N) is 1. The zero-order valence-electron chi connectivity index (χ0n) is 25.6. The molecule has 0 radical (unpaired) electrons. The highest BCUT2D eigenvalue weighted by Gasteiger charge is 2.22. The van der Waals surface area contributed by atoms with Gasteiger partial charge >= 0.3 is 5.97 Å². The first-order chi connectivity index (χ1) is 22.6. The molecule has 0 aliphatic rings. The molecule has 46 heavy (non-hydrogen) atoms. The number of para-hydroxylation sites is 1. The van der Waals surface area contributed by atoms with Crippen LogP contribution in [0.4, 0.5) is 0 Å². The number of ether oxygens (including phenoxy) is 1. The summed E-state index contributed by atoms with van der Waals surface area (Å²) in [6.45, 7) is 0. The van der Waals surface area contributed by atoms with Crippen LogP contribution in [0.3, 0.4) is 0 Å². The number of hydrogen-bond donors (Lipinski definition) is 1. The van der Waals surface area contributed by atoms with Crippen LogP contribution in [0.25, 0.3) is 33.2 Å². The van der Waals surface area contributed by atoms with Crippen molar-refractivity contribution < 1.29 is 18.7 Å². The first kappa shape index (κ1) is 30.9. The Bertz CT molecular complexity index is 1900. The normalized spacial score (nSPS) is 11.7. The van der Waals surface area contributed by atoms with Gasteiger partial charge in [0, 0.05) is 28.9 Å². The van der Waals surface area contributed by atoms with Gasteiger partial charge in [0.1, 0.15) is 17.4 Å². The molecule has 6 rings (SSSR count). The number of carbonyl (C=O) groups is 2. The fourth-order valence-corrected chi connectivity index (χ4v) is 6.57. The summed E-state index contributed by atoms with van der Waals surface area (Å²) in [5.41, 5.74) is 8.67. The predicted octanol–water partition coefficient (Wildman–Crippen LogP) is 8.49. The van der Waals surface area contributed by atoms with E-state index < -0.39 is 12.0 Å². The Morgan fingerprint density at radius 3 is 1.96 bits per heavy atom. The molecule has 1 N–H and O–H groups in total. The molecule has 5 nitrogen and oxygen atoms in total. The van der Waals surface area contributed by atoms with Crippen LogP contribution in [0.1, 0.15) is 22.5 Å². The molecule has 0 spiro atoms. The molecule has 0 aliphatic carbocycles. The molecule has 6 aromatic rings. The number of furan rings is 1. The molecule has 0 unspecified atom stereocenters. The summed E-state index contributed by atoms with van der Waals surface area (Å²) >= 11 is 1.59. The van der Waals surface area contributed by atoms with Crippen molar-refractivity contribution in [1.29, 1.82) is 0 Å². The third kappa shape index (κ3) is 7.59. The number of thioether (sulfide) groups is 1. The Balaban J connectivity index is 1.09. The second-order valence-corrected chi connectivity index (χ2v) is 12.2. The summed E-state index contributed by atoms with van der Waals surface area (Å²) in [7, 11) is 1.34. The van der Waals surface area contributed by atoms with Crippen LogP contribution < -0.4 is 5.32 Å². The monoisotopic (exact) mass is 625 g/mol. The highest BCUT2D eigenvalue weighted by molar-refractivity contribution is 7.98. The van der Waals surface area contributed by atoms with E-state index in [9.17, 15) is 9.59 Å². The van der Waals surface area contributed by atoms with Crippen LogP contribution in [0.2, 0.25) is 0 Å². The third-order valence-corrected chi connectivity index (χ3v) is 9.02. The summed E-state index contributed by atoms with van der Waals surface area (Å²) in [6, 6.07) is 44.5. The minimum Gasteiger partial charge on any atom is -0.467 e. The highest BCUT2D eigenvalue weighted by atomic mass is 32.2. The number of amides is 1. The van der Waals surface area contributed by atoms with Crippen molar-refractivity contribution in [3.8, 4) is 22.3 Å². The van der Waals surface area contributed by atoms with Crippen LogP contribution in [0.15, 0.2) is 138 Å². The fraction of sp³-hybridized carbons (Fsp3) is 0.150. The number of carbonyl (C=O) groups excluding carboxylic acids is 2. The van der Waals surface area contributed by atoms with E-state index in [4.69, 9.17) is 9.15 Å². The van der Waals surface area contributed by atoms with Crippen molar-refractivity contribution >= 4 is 34.6 Å². The Morgan fingerprint density at radius 1 is 0.696 bits per heavy atom. The van der Waals surface area contributed by atoms with Gasteiger partial charge in [0.2, 0.25) is 5.91 Å².